The molecule has 0 bridgehead atoms. The van der Waals surface area contributed by atoms with E-state index < -0.39 is 20.2 Å². The van der Waals surface area contributed by atoms with Crippen molar-refractivity contribution >= 4 is 27.1 Å². The fourth-order valence-electron chi connectivity index (χ4n) is 2.75. The minimum Gasteiger partial charge on any atom is -0.482 e. The van der Waals surface area contributed by atoms with Crippen LogP contribution in [0, 0.1) is 0 Å². The summed E-state index contributed by atoms with van der Waals surface area (Å²) in [4.78, 5) is 12.9. The van der Waals surface area contributed by atoms with Crippen molar-refractivity contribution in [2.45, 2.75) is 16.8 Å². The Balaban J connectivity index is 1.56. The number of amides is 1. The van der Waals surface area contributed by atoms with E-state index in [9.17, 15) is 26.4 Å². The van der Waals surface area contributed by atoms with E-state index in [0.29, 0.717) is 36.6 Å². The van der Waals surface area contributed by atoms with Gasteiger partial charge in [-0.15, -0.1) is 0 Å². The van der Waals surface area contributed by atoms with Gasteiger partial charge in [0.1, 0.15) is 5.75 Å². The second-order valence-corrected chi connectivity index (χ2v) is 8.00. The van der Waals surface area contributed by atoms with Gasteiger partial charge < -0.3 is 15.0 Å². The van der Waals surface area contributed by atoms with Crippen molar-refractivity contribution < 1.29 is 31.1 Å². The minimum absolute atomic E-state index is 0.0282. The predicted molar refractivity (Wildman–Crippen MR) is 97.1 cm³/mol. The van der Waals surface area contributed by atoms with Gasteiger partial charge in [-0.2, -0.15) is 13.2 Å². The molecule has 28 heavy (non-hydrogen) atoms. The number of rotatable bonds is 6. The van der Waals surface area contributed by atoms with Crippen LogP contribution < -0.4 is 15.0 Å². The summed E-state index contributed by atoms with van der Waals surface area (Å²) in [5.41, 5.74) is -4.15. The lowest BCUT2D eigenvalue weighted by molar-refractivity contribution is -0.121. The number of hydrogen-bond acceptors (Lipinski definition) is 5. The number of nitrogens with one attached hydrogen (secondary N) is 1. The number of halogens is 3. The average Bonchev–Trinajstić information content (AvgIpc) is 2.66. The molecule has 0 fully saturated rings. The molecule has 2 aromatic rings. The summed E-state index contributed by atoms with van der Waals surface area (Å²) in [5.74, 6) is 0.483. The highest BCUT2D eigenvalue weighted by Crippen LogP contribution is 2.32. The molecule has 0 spiro atoms. The van der Waals surface area contributed by atoms with Gasteiger partial charge in [0.2, 0.25) is 0 Å². The van der Waals surface area contributed by atoms with Crippen LogP contribution in [0.1, 0.15) is 6.42 Å². The van der Waals surface area contributed by atoms with Crippen LogP contribution in [-0.2, 0) is 14.6 Å². The fraction of sp³-hybridized carbons (Fsp3) is 0.278. The fourth-order valence-corrected chi connectivity index (χ4v) is 3.52. The highest BCUT2D eigenvalue weighted by molar-refractivity contribution is 7.92. The van der Waals surface area contributed by atoms with Crippen molar-refractivity contribution in [2.75, 3.05) is 29.9 Å². The van der Waals surface area contributed by atoms with E-state index in [4.69, 9.17) is 4.74 Å². The van der Waals surface area contributed by atoms with Crippen LogP contribution >= 0.6 is 0 Å². The lowest BCUT2D eigenvalue weighted by Gasteiger charge is -2.29. The smallest absolute Gasteiger partial charge is 0.482 e. The van der Waals surface area contributed by atoms with E-state index in [-0.39, 0.29) is 12.5 Å². The van der Waals surface area contributed by atoms with E-state index in [1.165, 1.54) is 12.1 Å². The molecule has 6 nitrogen and oxygen atoms in total. The SMILES string of the molecule is O=C1COc2ccccc2N1CCCNc1ccc(S(=O)(=O)C(F)(F)F)cc1. The zero-order chi connectivity index (χ0) is 20.4. The van der Waals surface area contributed by atoms with Gasteiger partial charge in [0.05, 0.1) is 10.6 Å². The van der Waals surface area contributed by atoms with Crippen LogP contribution in [0.5, 0.6) is 5.75 Å². The van der Waals surface area contributed by atoms with Crippen LogP contribution in [0.15, 0.2) is 53.4 Å². The van der Waals surface area contributed by atoms with Gasteiger partial charge in [0.15, 0.2) is 6.61 Å². The topological polar surface area (TPSA) is 75.7 Å². The van der Waals surface area contributed by atoms with Gasteiger partial charge in [-0.25, -0.2) is 8.42 Å². The van der Waals surface area contributed by atoms with Crippen molar-refractivity contribution in [1.82, 2.24) is 0 Å². The van der Waals surface area contributed by atoms with Crippen molar-refractivity contribution in [2.24, 2.45) is 0 Å². The van der Waals surface area contributed by atoms with E-state index in [2.05, 4.69) is 5.32 Å². The minimum atomic E-state index is -5.35. The average molecular weight is 414 g/mol. The summed E-state index contributed by atoms with van der Waals surface area (Å²) in [5, 5.41) is 3.00. The van der Waals surface area contributed by atoms with Crippen molar-refractivity contribution in [3.05, 3.63) is 48.5 Å². The first-order valence-corrected chi connectivity index (χ1v) is 9.86. The zero-order valence-electron chi connectivity index (χ0n) is 14.6. The number of sulfone groups is 1. The molecule has 0 aromatic heterocycles. The Kier molecular flexibility index (Phi) is 5.50. The van der Waals surface area contributed by atoms with E-state index in [1.54, 1.807) is 17.0 Å². The quantitative estimate of drug-likeness (QED) is 0.735. The molecule has 1 amide bonds. The van der Waals surface area contributed by atoms with E-state index in [0.717, 1.165) is 12.1 Å². The Bertz CT molecular complexity index is 960. The Hall–Kier alpha value is -2.75. The molecular formula is C18H17F3N2O4S. The molecule has 0 saturated carbocycles. The number of alkyl halides is 3. The zero-order valence-corrected chi connectivity index (χ0v) is 15.4. The third-order valence-corrected chi connectivity index (χ3v) is 5.67. The van der Waals surface area contributed by atoms with Crippen LogP contribution in [0.4, 0.5) is 24.5 Å². The Morgan fingerprint density at radius 2 is 1.75 bits per heavy atom. The standard InChI is InChI=1S/C18H17F3N2O4S/c19-18(20,21)28(25,26)14-8-6-13(7-9-14)22-10-3-11-23-15-4-1-2-5-16(15)27-12-17(23)24/h1-2,4-9,22H,3,10-12H2. The summed E-state index contributed by atoms with van der Waals surface area (Å²) in [6.45, 7) is 0.852. The Labute approximate surface area is 159 Å². The molecule has 10 heteroatoms. The van der Waals surface area contributed by atoms with Gasteiger partial charge >= 0.3 is 5.51 Å². The van der Waals surface area contributed by atoms with Gasteiger partial charge in [0.25, 0.3) is 15.7 Å². The van der Waals surface area contributed by atoms with Gasteiger partial charge in [-0.3, -0.25) is 4.79 Å². The number of fused-ring (bicyclic) bond motifs is 1. The Morgan fingerprint density at radius 3 is 2.43 bits per heavy atom. The maximum absolute atomic E-state index is 12.5. The monoisotopic (exact) mass is 414 g/mol. The molecule has 0 atom stereocenters. The number of hydrogen-bond donors (Lipinski definition) is 1. The number of ether oxygens (including phenoxy) is 1. The van der Waals surface area contributed by atoms with Crippen LogP contribution in [-0.4, -0.2) is 39.5 Å². The van der Waals surface area contributed by atoms with Crippen molar-refractivity contribution in [1.29, 1.82) is 0 Å². The molecule has 0 aliphatic carbocycles. The highest BCUT2D eigenvalue weighted by Gasteiger charge is 2.46. The molecule has 0 saturated heterocycles. The number of benzene rings is 2. The molecular weight excluding hydrogens is 397 g/mol. The number of carbonyl (C=O) groups is 1. The predicted octanol–water partition coefficient (Wildman–Crippen LogP) is 3.21. The Morgan fingerprint density at radius 1 is 1.07 bits per heavy atom. The first-order chi connectivity index (χ1) is 13.2. The molecule has 0 unspecified atom stereocenters. The molecule has 1 aliphatic rings. The second kappa shape index (κ2) is 7.70. The molecule has 1 N–H and O–H groups in total. The largest absolute Gasteiger partial charge is 0.501 e. The maximum atomic E-state index is 12.5. The normalized spacial score (nSPS) is 14.4. The number of nitrogens with zero attached hydrogens (tertiary/aromatic N) is 1. The van der Waals surface area contributed by atoms with Crippen molar-refractivity contribution in [3.63, 3.8) is 0 Å². The molecule has 2 aromatic carbocycles. The first kappa shape index (κ1) is 20.0. The third kappa shape index (κ3) is 4.06. The molecule has 150 valence electrons. The van der Waals surface area contributed by atoms with Crippen molar-refractivity contribution in [3.8, 4) is 5.75 Å². The van der Waals surface area contributed by atoms with Gasteiger partial charge in [0, 0.05) is 18.8 Å². The summed E-state index contributed by atoms with van der Waals surface area (Å²) < 4.78 is 65.7. The molecule has 0 radical (unpaired) electrons. The lowest BCUT2D eigenvalue weighted by Crippen LogP contribution is -2.39. The number of para-hydroxylation sites is 2. The van der Waals surface area contributed by atoms with E-state index in [1.807, 2.05) is 12.1 Å². The van der Waals surface area contributed by atoms with Gasteiger partial charge in [-0.1, -0.05) is 12.1 Å². The lowest BCUT2D eigenvalue weighted by atomic mass is 10.2. The van der Waals surface area contributed by atoms with Gasteiger partial charge in [-0.05, 0) is 42.8 Å². The number of anilines is 2. The second-order valence-electron chi connectivity index (χ2n) is 6.06. The summed E-state index contributed by atoms with van der Waals surface area (Å²) in [6.07, 6.45) is 0.572. The molecule has 1 heterocycles. The summed E-state index contributed by atoms with van der Waals surface area (Å²) in [6, 6.07) is 11.6. The highest BCUT2D eigenvalue weighted by atomic mass is 32.2. The summed E-state index contributed by atoms with van der Waals surface area (Å²) in [7, 11) is -5.35. The first-order valence-electron chi connectivity index (χ1n) is 8.37. The number of carbonyl (C=O) groups excluding carboxylic acids is 1. The van der Waals surface area contributed by atoms with E-state index >= 15 is 0 Å². The van der Waals surface area contributed by atoms with Crippen LogP contribution in [0.3, 0.4) is 0 Å². The van der Waals surface area contributed by atoms with Crippen LogP contribution in [0.2, 0.25) is 0 Å². The summed E-state index contributed by atoms with van der Waals surface area (Å²) >= 11 is 0. The van der Waals surface area contributed by atoms with Crippen LogP contribution in [0.25, 0.3) is 0 Å². The maximum Gasteiger partial charge on any atom is 0.501 e. The molecule has 1 aliphatic heterocycles. The third-order valence-electron chi connectivity index (χ3n) is 4.17. The molecule has 3 rings (SSSR count).